The van der Waals surface area contributed by atoms with Gasteiger partial charge in [0.15, 0.2) is 0 Å². The minimum Gasteiger partial charge on any atom is -0.395 e. The molecule has 3 nitrogen and oxygen atoms in total. The molecule has 1 aromatic carbocycles. The Kier molecular flexibility index (Phi) is 3.73. The van der Waals surface area contributed by atoms with E-state index in [1.54, 1.807) is 0 Å². The molecule has 0 heterocycles. The van der Waals surface area contributed by atoms with Crippen LogP contribution in [0.5, 0.6) is 0 Å². The van der Waals surface area contributed by atoms with Gasteiger partial charge in [-0.2, -0.15) is 0 Å². The molecule has 0 unspecified atom stereocenters. The van der Waals surface area contributed by atoms with E-state index in [2.05, 4.69) is 5.32 Å². The lowest BCUT2D eigenvalue weighted by molar-refractivity contribution is 0.311. The van der Waals surface area contributed by atoms with Crippen molar-refractivity contribution in [3.05, 3.63) is 29.3 Å². The Morgan fingerprint density at radius 3 is 2.77 bits per heavy atom. The molecule has 13 heavy (non-hydrogen) atoms. The molecule has 1 rings (SSSR count). The molecule has 0 amide bonds. The molecule has 0 bridgehead atoms. The molecular weight excluding hydrogens is 164 g/mol. The predicted octanol–water partition coefficient (Wildman–Crippen LogP) is 0.858. The van der Waals surface area contributed by atoms with E-state index in [4.69, 9.17) is 10.8 Å². The molecule has 0 saturated carbocycles. The van der Waals surface area contributed by atoms with Gasteiger partial charge < -0.3 is 16.2 Å². The Morgan fingerprint density at radius 1 is 1.46 bits per heavy atom. The number of aliphatic hydroxyl groups excluding tert-OH is 1. The maximum absolute atomic E-state index is 8.62. The molecule has 0 saturated heterocycles. The highest BCUT2D eigenvalue weighted by molar-refractivity contribution is 5.48. The van der Waals surface area contributed by atoms with Crippen LogP contribution in [0.3, 0.4) is 0 Å². The van der Waals surface area contributed by atoms with E-state index >= 15 is 0 Å². The van der Waals surface area contributed by atoms with Gasteiger partial charge in [-0.25, -0.2) is 0 Å². The summed E-state index contributed by atoms with van der Waals surface area (Å²) in [6.45, 7) is 3.34. The number of hydrogen-bond donors (Lipinski definition) is 3. The van der Waals surface area contributed by atoms with Crippen LogP contribution in [-0.4, -0.2) is 18.3 Å². The molecule has 0 fully saturated rings. The van der Waals surface area contributed by atoms with E-state index in [0.29, 0.717) is 13.1 Å². The van der Waals surface area contributed by atoms with Gasteiger partial charge in [-0.3, -0.25) is 0 Å². The van der Waals surface area contributed by atoms with Gasteiger partial charge in [-0.1, -0.05) is 6.07 Å². The number of nitrogens with one attached hydrogen (secondary N) is 1. The molecule has 72 valence electrons. The van der Waals surface area contributed by atoms with Crippen LogP contribution in [0.15, 0.2) is 18.2 Å². The van der Waals surface area contributed by atoms with Crippen molar-refractivity contribution in [2.45, 2.75) is 13.5 Å². The monoisotopic (exact) mass is 180 g/mol. The average molecular weight is 180 g/mol. The summed E-state index contributed by atoms with van der Waals surface area (Å²) in [7, 11) is 0. The second kappa shape index (κ2) is 4.84. The minimum absolute atomic E-state index is 0.150. The summed E-state index contributed by atoms with van der Waals surface area (Å²) in [6, 6.07) is 6.03. The summed E-state index contributed by atoms with van der Waals surface area (Å²) in [5.74, 6) is 0. The van der Waals surface area contributed by atoms with E-state index in [0.717, 1.165) is 11.3 Å². The molecule has 0 aliphatic rings. The number of rotatable bonds is 4. The third-order valence-electron chi connectivity index (χ3n) is 2.00. The average Bonchev–Trinajstić information content (AvgIpc) is 2.15. The van der Waals surface area contributed by atoms with Gasteiger partial charge in [0.05, 0.1) is 6.61 Å². The fraction of sp³-hybridized carbons (Fsp3) is 0.400. The zero-order chi connectivity index (χ0) is 9.68. The van der Waals surface area contributed by atoms with E-state index < -0.39 is 0 Å². The molecule has 0 aliphatic carbocycles. The molecule has 0 radical (unpaired) electrons. The number of anilines is 1. The lowest BCUT2D eigenvalue weighted by Crippen LogP contribution is -2.06. The van der Waals surface area contributed by atoms with E-state index in [1.165, 1.54) is 5.56 Å². The first kappa shape index (κ1) is 10.0. The number of aliphatic hydroxyl groups is 1. The maximum atomic E-state index is 8.62. The first-order valence-electron chi connectivity index (χ1n) is 4.42. The Labute approximate surface area is 78.6 Å². The molecular formula is C10H16N2O. The van der Waals surface area contributed by atoms with Gasteiger partial charge in [0.2, 0.25) is 0 Å². The third-order valence-corrected chi connectivity index (χ3v) is 2.00. The van der Waals surface area contributed by atoms with E-state index in [-0.39, 0.29) is 6.61 Å². The molecule has 0 spiro atoms. The second-order valence-corrected chi connectivity index (χ2v) is 3.00. The third kappa shape index (κ3) is 2.72. The highest BCUT2D eigenvalue weighted by atomic mass is 16.3. The normalized spacial score (nSPS) is 10.1. The summed E-state index contributed by atoms with van der Waals surface area (Å²) in [5.41, 5.74) is 8.92. The van der Waals surface area contributed by atoms with Crippen LogP contribution < -0.4 is 11.1 Å². The molecule has 0 aliphatic heterocycles. The van der Waals surface area contributed by atoms with E-state index in [9.17, 15) is 0 Å². The first-order chi connectivity index (χ1) is 6.27. The lowest BCUT2D eigenvalue weighted by Gasteiger charge is -2.08. The smallest absolute Gasteiger partial charge is 0.0604 e. The second-order valence-electron chi connectivity index (χ2n) is 3.00. The number of nitrogens with two attached hydrogens (primary N) is 1. The van der Waals surface area contributed by atoms with Crippen LogP contribution in [0.25, 0.3) is 0 Å². The molecule has 4 N–H and O–H groups in total. The Bertz CT molecular complexity index is 274. The SMILES string of the molecule is Cc1cc(NCCO)ccc1CN. The quantitative estimate of drug-likeness (QED) is 0.644. The van der Waals surface area contributed by atoms with Crippen LogP contribution in [0.2, 0.25) is 0 Å². The van der Waals surface area contributed by atoms with Crippen molar-refractivity contribution in [1.29, 1.82) is 0 Å². The van der Waals surface area contributed by atoms with Crippen LogP contribution in [0, 0.1) is 6.92 Å². The highest BCUT2D eigenvalue weighted by Crippen LogP contribution is 2.14. The summed E-state index contributed by atoms with van der Waals surface area (Å²) in [4.78, 5) is 0. The summed E-state index contributed by atoms with van der Waals surface area (Å²) < 4.78 is 0. The Morgan fingerprint density at radius 2 is 2.23 bits per heavy atom. The largest absolute Gasteiger partial charge is 0.395 e. The van der Waals surface area contributed by atoms with Gasteiger partial charge in [-0.05, 0) is 30.2 Å². The predicted molar refractivity (Wildman–Crippen MR) is 54.6 cm³/mol. The van der Waals surface area contributed by atoms with Crippen LogP contribution in [0.1, 0.15) is 11.1 Å². The van der Waals surface area contributed by atoms with Gasteiger partial charge >= 0.3 is 0 Å². The van der Waals surface area contributed by atoms with Crippen molar-refractivity contribution in [2.75, 3.05) is 18.5 Å². The summed E-state index contributed by atoms with van der Waals surface area (Å²) in [5, 5.41) is 11.7. The number of benzene rings is 1. The Hall–Kier alpha value is -1.06. The molecule has 0 atom stereocenters. The Balaban J connectivity index is 2.71. The molecule has 0 aromatic heterocycles. The standard InChI is InChI=1S/C10H16N2O/c1-8-6-10(12-4-5-13)3-2-9(8)7-11/h2-3,6,12-13H,4-5,7,11H2,1H3. The summed E-state index contributed by atoms with van der Waals surface area (Å²) in [6.07, 6.45) is 0. The van der Waals surface area contributed by atoms with Crippen LogP contribution >= 0.6 is 0 Å². The van der Waals surface area contributed by atoms with Crippen LogP contribution in [0.4, 0.5) is 5.69 Å². The number of hydrogen-bond acceptors (Lipinski definition) is 3. The fourth-order valence-electron chi connectivity index (χ4n) is 1.24. The zero-order valence-corrected chi connectivity index (χ0v) is 7.88. The van der Waals surface area contributed by atoms with Crippen molar-refractivity contribution in [2.24, 2.45) is 5.73 Å². The first-order valence-corrected chi connectivity index (χ1v) is 4.42. The lowest BCUT2D eigenvalue weighted by atomic mass is 10.1. The van der Waals surface area contributed by atoms with Crippen molar-refractivity contribution in [1.82, 2.24) is 0 Å². The highest BCUT2D eigenvalue weighted by Gasteiger charge is 1.97. The zero-order valence-electron chi connectivity index (χ0n) is 7.88. The number of aryl methyl sites for hydroxylation is 1. The topological polar surface area (TPSA) is 58.3 Å². The minimum atomic E-state index is 0.150. The van der Waals surface area contributed by atoms with Crippen LogP contribution in [-0.2, 0) is 6.54 Å². The van der Waals surface area contributed by atoms with Crippen molar-refractivity contribution < 1.29 is 5.11 Å². The maximum Gasteiger partial charge on any atom is 0.0604 e. The van der Waals surface area contributed by atoms with Gasteiger partial charge in [0.25, 0.3) is 0 Å². The summed E-state index contributed by atoms with van der Waals surface area (Å²) >= 11 is 0. The van der Waals surface area contributed by atoms with Gasteiger partial charge in [-0.15, -0.1) is 0 Å². The van der Waals surface area contributed by atoms with Crippen molar-refractivity contribution >= 4 is 5.69 Å². The van der Waals surface area contributed by atoms with Gasteiger partial charge in [0, 0.05) is 18.8 Å². The van der Waals surface area contributed by atoms with Gasteiger partial charge in [0.1, 0.15) is 0 Å². The van der Waals surface area contributed by atoms with Crippen molar-refractivity contribution in [3.63, 3.8) is 0 Å². The van der Waals surface area contributed by atoms with Crippen molar-refractivity contribution in [3.8, 4) is 0 Å². The fourth-order valence-corrected chi connectivity index (χ4v) is 1.24. The van der Waals surface area contributed by atoms with E-state index in [1.807, 2.05) is 25.1 Å². The molecule has 3 heteroatoms. The molecule has 1 aromatic rings.